The third kappa shape index (κ3) is 7.11. The van der Waals surface area contributed by atoms with Crippen molar-refractivity contribution < 1.29 is 23.5 Å². The van der Waals surface area contributed by atoms with Gasteiger partial charge in [0.2, 0.25) is 0 Å². The maximum Gasteiger partial charge on any atom is 0.410 e. The van der Waals surface area contributed by atoms with Crippen LogP contribution in [-0.2, 0) is 11.2 Å². The highest BCUT2D eigenvalue weighted by Crippen LogP contribution is 2.36. The number of benzene rings is 1. The Hall–Kier alpha value is -4.93. The summed E-state index contributed by atoms with van der Waals surface area (Å²) in [5.41, 5.74) is 6.91. The molecule has 1 fully saturated rings. The van der Waals surface area contributed by atoms with Gasteiger partial charge in [-0.3, -0.25) is 9.78 Å². The number of H-pyrrole nitrogens is 1. The minimum absolute atomic E-state index is 0.0631. The molecule has 2 aliphatic heterocycles. The Bertz CT molecular complexity index is 1940. The van der Waals surface area contributed by atoms with Gasteiger partial charge in [-0.15, -0.1) is 0 Å². The van der Waals surface area contributed by atoms with Gasteiger partial charge in [0, 0.05) is 77.9 Å². The summed E-state index contributed by atoms with van der Waals surface area (Å²) in [6.45, 7) is 14.3. The molecule has 11 heteroatoms. The summed E-state index contributed by atoms with van der Waals surface area (Å²) in [6, 6.07) is 11.4. The standard InChI is InChI=1S/C38H45FN6O4/c1-8-31-28(12-11-23(2)40-31)29-19-27(36(46)44-16-14-43(15-17-44)35-33(48-7)21-30(39)24(3)41-35)18-26-20-32(42-34(26)29)25-10-9-13-45(22-25)37(47)49-38(4,5)6/h10-12,18-21,42H,8-9,13-17,22H2,1-7H3. The van der Waals surface area contributed by atoms with Gasteiger partial charge in [0.1, 0.15) is 11.4 Å². The van der Waals surface area contributed by atoms with Gasteiger partial charge in [-0.2, -0.15) is 0 Å². The topological polar surface area (TPSA) is 104 Å². The van der Waals surface area contributed by atoms with Gasteiger partial charge < -0.3 is 29.2 Å². The Morgan fingerprint density at radius 3 is 2.41 bits per heavy atom. The molecule has 0 unspecified atom stereocenters. The van der Waals surface area contributed by atoms with Gasteiger partial charge in [0.15, 0.2) is 11.6 Å². The number of halogens is 1. The summed E-state index contributed by atoms with van der Waals surface area (Å²) in [6.07, 6.45) is 3.29. The van der Waals surface area contributed by atoms with Gasteiger partial charge in [-0.25, -0.2) is 14.2 Å². The van der Waals surface area contributed by atoms with Crippen molar-refractivity contribution in [1.82, 2.24) is 24.8 Å². The van der Waals surface area contributed by atoms with Crippen LogP contribution in [0.15, 0.2) is 42.5 Å². The molecule has 5 heterocycles. The number of aromatic amines is 1. The monoisotopic (exact) mass is 668 g/mol. The molecule has 3 aromatic heterocycles. The zero-order valence-electron chi connectivity index (χ0n) is 29.4. The molecule has 4 aromatic rings. The van der Waals surface area contributed by atoms with Crippen molar-refractivity contribution in [2.45, 2.75) is 60.0 Å². The smallest absolute Gasteiger partial charge is 0.410 e. The predicted octanol–water partition coefficient (Wildman–Crippen LogP) is 6.94. The van der Waals surface area contributed by atoms with E-state index in [0.717, 1.165) is 51.1 Å². The van der Waals surface area contributed by atoms with Gasteiger partial charge in [0.25, 0.3) is 5.91 Å². The fourth-order valence-electron chi connectivity index (χ4n) is 6.53. The number of carbonyl (C=O) groups is 2. The van der Waals surface area contributed by atoms with Crippen LogP contribution in [-0.4, -0.2) is 88.7 Å². The highest BCUT2D eigenvalue weighted by Gasteiger charge is 2.28. The van der Waals surface area contributed by atoms with Crippen molar-refractivity contribution in [1.29, 1.82) is 0 Å². The highest BCUT2D eigenvalue weighted by atomic mass is 19.1. The van der Waals surface area contributed by atoms with E-state index in [0.29, 0.717) is 68.5 Å². The van der Waals surface area contributed by atoms with Crippen LogP contribution in [0.3, 0.4) is 0 Å². The number of piperazine rings is 1. The molecule has 2 aliphatic rings. The van der Waals surface area contributed by atoms with E-state index >= 15 is 0 Å². The van der Waals surface area contributed by atoms with E-state index < -0.39 is 11.4 Å². The quantitative estimate of drug-likeness (QED) is 0.238. The Labute approximate surface area is 286 Å². The van der Waals surface area contributed by atoms with E-state index in [2.05, 4.69) is 35.1 Å². The Kier molecular flexibility index (Phi) is 9.37. The number of methoxy groups -OCH3 is 1. The number of rotatable bonds is 6. The molecular weight excluding hydrogens is 623 g/mol. The number of hydrogen-bond acceptors (Lipinski definition) is 7. The van der Waals surface area contributed by atoms with Crippen LogP contribution < -0.4 is 9.64 Å². The maximum absolute atomic E-state index is 14.2. The first-order valence-corrected chi connectivity index (χ1v) is 16.9. The maximum atomic E-state index is 14.2. The Morgan fingerprint density at radius 1 is 0.959 bits per heavy atom. The minimum Gasteiger partial charge on any atom is -0.493 e. The van der Waals surface area contributed by atoms with E-state index in [9.17, 15) is 14.0 Å². The second-order valence-corrected chi connectivity index (χ2v) is 13.8. The van der Waals surface area contributed by atoms with Gasteiger partial charge in [-0.1, -0.05) is 19.1 Å². The number of anilines is 1. The minimum atomic E-state index is -0.577. The molecule has 0 spiro atoms. The van der Waals surface area contributed by atoms with Crippen molar-refractivity contribution in [3.05, 3.63) is 76.6 Å². The van der Waals surface area contributed by atoms with Crippen LogP contribution in [0.5, 0.6) is 5.75 Å². The lowest BCUT2D eigenvalue weighted by Crippen LogP contribution is -2.49. The molecular formula is C38H45FN6O4. The fraction of sp³-hybridized carbons (Fsp3) is 0.421. The van der Waals surface area contributed by atoms with Gasteiger partial charge in [-0.05, 0) is 77.3 Å². The number of ether oxygens (including phenoxy) is 2. The van der Waals surface area contributed by atoms with Crippen molar-refractivity contribution in [2.24, 2.45) is 0 Å². The fourth-order valence-corrected chi connectivity index (χ4v) is 6.53. The average Bonchev–Trinajstić information content (AvgIpc) is 3.52. The number of nitrogens with zero attached hydrogens (tertiary/aromatic N) is 5. The molecule has 0 bridgehead atoms. The lowest BCUT2D eigenvalue weighted by atomic mass is 9.96. The second kappa shape index (κ2) is 13.5. The van der Waals surface area contributed by atoms with Crippen LogP contribution >= 0.6 is 0 Å². The summed E-state index contributed by atoms with van der Waals surface area (Å²) < 4.78 is 25.2. The molecule has 6 rings (SSSR count). The summed E-state index contributed by atoms with van der Waals surface area (Å²) in [5, 5.41) is 0.906. The van der Waals surface area contributed by atoms with Crippen LogP contribution in [0.25, 0.3) is 27.6 Å². The number of pyridine rings is 2. The van der Waals surface area contributed by atoms with Crippen LogP contribution in [0.1, 0.15) is 67.2 Å². The summed E-state index contributed by atoms with van der Waals surface area (Å²) >= 11 is 0. The second-order valence-electron chi connectivity index (χ2n) is 13.8. The molecule has 10 nitrogen and oxygen atoms in total. The third-order valence-corrected chi connectivity index (χ3v) is 9.05. The van der Waals surface area contributed by atoms with Gasteiger partial charge in [0.05, 0.1) is 24.9 Å². The van der Waals surface area contributed by atoms with E-state index in [1.807, 2.05) is 55.7 Å². The SMILES string of the molecule is CCc1nc(C)ccc1-c1cc(C(=O)N2CCN(c3nc(C)c(F)cc3OC)CC2)cc2cc(C3=CCCN(C(=O)OC(C)(C)C)C3)[nH]c12. The normalized spacial score (nSPS) is 15.4. The lowest BCUT2D eigenvalue weighted by molar-refractivity contribution is 0.0273. The first-order valence-electron chi connectivity index (χ1n) is 16.9. The number of amides is 2. The van der Waals surface area contributed by atoms with Crippen LogP contribution in [0.4, 0.5) is 15.0 Å². The van der Waals surface area contributed by atoms with E-state index in [-0.39, 0.29) is 12.0 Å². The summed E-state index contributed by atoms with van der Waals surface area (Å²) in [4.78, 5) is 45.6. The molecule has 1 N–H and O–H groups in total. The van der Waals surface area contributed by atoms with Crippen LogP contribution in [0.2, 0.25) is 0 Å². The van der Waals surface area contributed by atoms with Crippen molar-refractivity contribution >= 4 is 34.3 Å². The molecule has 0 radical (unpaired) electrons. The number of carbonyl (C=O) groups excluding carboxylic acids is 2. The van der Waals surface area contributed by atoms with E-state index in [4.69, 9.17) is 14.5 Å². The zero-order valence-corrected chi connectivity index (χ0v) is 29.4. The molecule has 0 aliphatic carbocycles. The van der Waals surface area contributed by atoms with E-state index in [1.54, 1.807) is 11.8 Å². The number of aryl methyl sites for hydroxylation is 3. The molecule has 1 aromatic carbocycles. The first kappa shape index (κ1) is 34.0. The first-order chi connectivity index (χ1) is 23.3. The Balaban J connectivity index is 1.32. The molecule has 1 saturated heterocycles. The highest BCUT2D eigenvalue weighted by molar-refractivity contribution is 6.05. The van der Waals surface area contributed by atoms with Gasteiger partial charge >= 0.3 is 6.09 Å². The molecule has 2 amide bonds. The summed E-state index contributed by atoms with van der Waals surface area (Å²) in [5.74, 6) is 0.482. The zero-order chi connectivity index (χ0) is 35.0. The lowest BCUT2D eigenvalue weighted by Gasteiger charge is -2.36. The number of fused-ring (bicyclic) bond motifs is 1. The number of aromatic nitrogens is 3. The largest absolute Gasteiger partial charge is 0.493 e. The molecule has 258 valence electrons. The average molecular weight is 669 g/mol. The number of nitrogens with one attached hydrogen (secondary N) is 1. The number of hydrogen-bond donors (Lipinski definition) is 1. The molecule has 0 atom stereocenters. The van der Waals surface area contributed by atoms with Crippen molar-refractivity contribution in [2.75, 3.05) is 51.3 Å². The van der Waals surface area contributed by atoms with Crippen molar-refractivity contribution in [3.63, 3.8) is 0 Å². The molecule has 0 saturated carbocycles. The van der Waals surface area contributed by atoms with Crippen LogP contribution in [0, 0.1) is 19.7 Å². The Morgan fingerprint density at radius 2 is 1.71 bits per heavy atom. The third-order valence-electron chi connectivity index (χ3n) is 9.05. The van der Waals surface area contributed by atoms with Crippen molar-refractivity contribution in [3.8, 4) is 16.9 Å². The molecule has 49 heavy (non-hydrogen) atoms. The predicted molar refractivity (Wildman–Crippen MR) is 190 cm³/mol. The summed E-state index contributed by atoms with van der Waals surface area (Å²) in [7, 11) is 1.50. The van der Waals surface area contributed by atoms with E-state index in [1.165, 1.54) is 13.2 Å².